The third kappa shape index (κ3) is 5.27. The molecule has 1 N–H and O–H groups in total. The van der Waals surface area contributed by atoms with Crippen LogP contribution in [0.1, 0.15) is 32.1 Å². The second-order valence-corrected chi connectivity index (χ2v) is 8.42. The molecule has 1 heterocycles. The van der Waals surface area contributed by atoms with Gasteiger partial charge in [-0.25, -0.2) is 14.4 Å². The normalized spacial score (nSPS) is 18.1. The Morgan fingerprint density at radius 2 is 1.94 bits per heavy atom. The minimum Gasteiger partial charge on any atom is -0.493 e. The van der Waals surface area contributed by atoms with Gasteiger partial charge in [0.2, 0.25) is 0 Å². The fourth-order valence-electron chi connectivity index (χ4n) is 4.10. The van der Waals surface area contributed by atoms with Crippen molar-refractivity contribution < 1.29 is 23.4 Å². The highest BCUT2D eigenvalue weighted by atomic mass is 35.5. The van der Waals surface area contributed by atoms with Crippen molar-refractivity contribution in [3.05, 3.63) is 47.5 Å². The minimum absolute atomic E-state index is 0.00309. The van der Waals surface area contributed by atoms with Gasteiger partial charge in [0, 0.05) is 17.9 Å². The summed E-state index contributed by atoms with van der Waals surface area (Å²) in [6.45, 7) is 0. The Bertz CT molecular complexity index is 1150. The van der Waals surface area contributed by atoms with E-state index in [1.165, 1.54) is 19.5 Å². The van der Waals surface area contributed by atoms with Crippen LogP contribution < -0.4 is 14.8 Å². The van der Waals surface area contributed by atoms with Crippen LogP contribution in [0.4, 0.5) is 15.9 Å². The molecule has 0 unspecified atom stereocenters. The number of fused-ring (bicyclic) bond motifs is 1. The zero-order valence-electron chi connectivity index (χ0n) is 18.4. The van der Waals surface area contributed by atoms with Gasteiger partial charge in [-0.1, -0.05) is 17.7 Å². The van der Waals surface area contributed by atoms with E-state index in [9.17, 15) is 9.18 Å². The first-order valence-corrected chi connectivity index (χ1v) is 11.1. The number of aromatic nitrogens is 2. The van der Waals surface area contributed by atoms with Crippen molar-refractivity contribution in [3.8, 4) is 11.5 Å². The standard InChI is InChI=1S/C24H25ClFN3O4/c1-31-20-12-19-16(24(28-13-27-19)29-18-5-3-4-17(25)23(18)26)11-21(20)33-15-8-6-14(7-9-15)10-22(30)32-2/h3-5,11-15H,6-10H2,1-2H3,(H,27,28,29). The number of hydrogen-bond donors (Lipinski definition) is 1. The van der Waals surface area contributed by atoms with Crippen molar-refractivity contribution >= 4 is 40.0 Å². The van der Waals surface area contributed by atoms with Crippen LogP contribution in [-0.2, 0) is 9.53 Å². The zero-order valence-corrected chi connectivity index (χ0v) is 19.2. The highest BCUT2D eigenvalue weighted by molar-refractivity contribution is 6.31. The van der Waals surface area contributed by atoms with Crippen LogP contribution >= 0.6 is 11.6 Å². The molecule has 2 aromatic carbocycles. The van der Waals surface area contributed by atoms with Crippen LogP contribution in [0.3, 0.4) is 0 Å². The van der Waals surface area contributed by atoms with E-state index in [1.54, 1.807) is 31.4 Å². The second kappa shape index (κ2) is 10.2. The third-order valence-corrected chi connectivity index (χ3v) is 6.19. The van der Waals surface area contributed by atoms with E-state index in [-0.39, 0.29) is 22.8 Å². The number of halogens is 2. The number of benzene rings is 2. The molecule has 1 fully saturated rings. The molecule has 0 radical (unpaired) electrons. The third-order valence-electron chi connectivity index (χ3n) is 5.90. The van der Waals surface area contributed by atoms with Gasteiger partial charge in [-0.2, -0.15) is 0 Å². The molecule has 0 spiro atoms. The molecular formula is C24H25ClFN3O4. The van der Waals surface area contributed by atoms with Crippen molar-refractivity contribution in [2.45, 2.75) is 38.2 Å². The van der Waals surface area contributed by atoms with Gasteiger partial charge < -0.3 is 19.5 Å². The molecular weight excluding hydrogens is 449 g/mol. The van der Waals surface area contributed by atoms with Gasteiger partial charge in [-0.15, -0.1) is 0 Å². The van der Waals surface area contributed by atoms with Gasteiger partial charge in [0.25, 0.3) is 0 Å². The van der Waals surface area contributed by atoms with Crippen molar-refractivity contribution in [2.24, 2.45) is 5.92 Å². The maximum atomic E-state index is 14.4. The fraction of sp³-hybridized carbons (Fsp3) is 0.375. The number of rotatable bonds is 7. The largest absolute Gasteiger partial charge is 0.493 e. The number of esters is 1. The summed E-state index contributed by atoms with van der Waals surface area (Å²) in [4.78, 5) is 20.1. The molecule has 0 aliphatic heterocycles. The van der Waals surface area contributed by atoms with Crippen molar-refractivity contribution in [1.82, 2.24) is 9.97 Å². The molecule has 1 aliphatic carbocycles. The van der Waals surface area contributed by atoms with Gasteiger partial charge in [0.05, 0.1) is 36.6 Å². The number of methoxy groups -OCH3 is 2. The van der Waals surface area contributed by atoms with E-state index in [0.29, 0.717) is 40.6 Å². The molecule has 1 aliphatic rings. The van der Waals surface area contributed by atoms with Gasteiger partial charge in [-0.3, -0.25) is 4.79 Å². The number of hydrogen-bond acceptors (Lipinski definition) is 7. The van der Waals surface area contributed by atoms with E-state index < -0.39 is 5.82 Å². The van der Waals surface area contributed by atoms with E-state index in [2.05, 4.69) is 15.3 Å². The summed E-state index contributed by atoms with van der Waals surface area (Å²) in [7, 11) is 2.99. The first kappa shape index (κ1) is 23.0. The average molecular weight is 474 g/mol. The molecule has 0 amide bonds. The maximum Gasteiger partial charge on any atom is 0.305 e. The minimum atomic E-state index is -0.556. The number of nitrogens with one attached hydrogen (secondary N) is 1. The van der Waals surface area contributed by atoms with Crippen LogP contribution in [-0.4, -0.2) is 36.3 Å². The Labute approximate surface area is 196 Å². The molecule has 9 heteroatoms. The Balaban J connectivity index is 1.57. The molecule has 4 rings (SSSR count). The first-order chi connectivity index (χ1) is 16.0. The van der Waals surface area contributed by atoms with Gasteiger partial charge in [0.15, 0.2) is 17.3 Å². The fourth-order valence-corrected chi connectivity index (χ4v) is 4.27. The monoisotopic (exact) mass is 473 g/mol. The molecule has 0 saturated heterocycles. The summed E-state index contributed by atoms with van der Waals surface area (Å²) in [5.74, 6) is 1.12. The van der Waals surface area contributed by atoms with Crippen LogP contribution in [0, 0.1) is 11.7 Å². The number of ether oxygens (including phenoxy) is 3. The lowest BCUT2D eigenvalue weighted by molar-refractivity contribution is -0.142. The molecule has 174 valence electrons. The Hall–Kier alpha value is -3.13. The highest BCUT2D eigenvalue weighted by Gasteiger charge is 2.25. The van der Waals surface area contributed by atoms with Gasteiger partial charge >= 0.3 is 5.97 Å². The summed E-state index contributed by atoms with van der Waals surface area (Å²) in [5, 5.41) is 3.68. The smallest absolute Gasteiger partial charge is 0.305 e. The van der Waals surface area contributed by atoms with Crippen molar-refractivity contribution in [3.63, 3.8) is 0 Å². The summed E-state index contributed by atoms with van der Waals surface area (Å²) in [6.07, 6.45) is 5.26. The summed E-state index contributed by atoms with van der Waals surface area (Å²) < 4.78 is 31.0. The molecule has 7 nitrogen and oxygen atoms in total. The van der Waals surface area contributed by atoms with E-state index >= 15 is 0 Å². The van der Waals surface area contributed by atoms with E-state index in [1.807, 2.05) is 0 Å². The molecule has 0 atom stereocenters. The van der Waals surface area contributed by atoms with Crippen LogP contribution in [0.5, 0.6) is 11.5 Å². The van der Waals surface area contributed by atoms with Gasteiger partial charge in [0.1, 0.15) is 12.1 Å². The number of carbonyl (C=O) groups is 1. The molecule has 33 heavy (non-hydrogen) atoms. The Morgan fingerprint density at radius 3 is 2.67 bits per heavy atom. The van der Waals surface area contributed by atoms with Crippen LogP contribution in [0.2, 0.25) is 5.02 Å². The molecule has 0 bridgehead atoms. The lowest BCUT2D eigenvalue weighted by Crippen LogP contribution is -2.25. The van der Waals surface area contributed by atoms with E-state index in [0.717, 1.165) is 25.7 Å². The maximum absolute atomic E-state index is 14.4. The molecule has 1 aromatic heterocycles. The average Bonchev–Trinajstić information content (AvgIpc) is 2.83. The van der Waals surface area contributed by atoms with Crippen LogP contribution in [0.25, 0.3) is 10.9 Å². The Kier molecular flexibility index (Phi) is 7.13. The predicted molar refractivity (Wildman–Crippen MR) is 124 cm³/mol. The zero-order chi connectivity index (χ0) is 23.4. The summed E-state index contributed by atoms with van der Waals surface area (Å²) in [6, 6.07) is 8.30. The number of carbonyl (C=O) groups excluding carboxylic acids is 1. The van der Waals surface area contributed by atoms with E-state index in [4.69, 9.17) is 25.8 Å². The van der Waals surface area contributed by atoms with Gasteiger partial charge in [-0.05, 0) is 49.8 Å². The topological polar surface area (TPSA) is 82.6 Å². The second-order valence-electron chi connectivity index (χ2n) is 8.01. The SMILES string of the molecule is COC(=O)CC1CCC(Oc2cc3c(Nc4cccc(Cl)c4F)ncnc3cc2OC)CC1. The number of nitrogens with zero attached hydrogens (tertiary/aromatic N) is 2. The Morgan fingerprint density at radius 1 is 1.15 bits per heavy atom. The van der Waals surface area contributed by atoms with Crippen molar-refractivity contribution in [1.29, 1.82) is 0 Å². The summed E-state index contributed by atoms with van der Waals surface area (Å²) >= 11 is 5.91. The first-order valence-electron chi connectivity index (χ1n) is 10.8. The lowest BCUT2D eigenvalue weighted by Gasteiger charge is -2.29. The molecule has 1 saturated carbocycles. The predicted octanol–water partition coefficient (Wildman–Crippen LogP) is 5.68. The van der Waals surface area contributed by atoms with Crippen LogP contribution in [0.15, 0.2) is 36.7 Å². The highest BCUT2D eigenvalue weighted by Crippen LogP contribution is 2.38. The molecule has 3 aromatic rings. The summed E-state index contributed by atoms with van der Waals surface area (Å²) in [5.41, 5.74) is 0.839. The number of anilines is 2. The van der Waals surface area contributed by atoms with Crippen molar-refractivity contribution in [2.75, 3.05) is 19.5 Å². The quantitative estimate of drug-likeness (QED) is 0.442. The lowest BCUT2D eigenvalue weighted by atomic mass is 9.85.